The van der Waals surface area contributed by atoms with E-state index in [0.717, 1.165) is 59.0 Å². The van der Waals surface area contributed by atoms with Gasteiger partial charge < -0.3 is 20.7 Å². The van der Waals surface area contributed by atoms with Crippen LogP contribution in [0.15, 0.2) is 73.1 Å². The minimum absolute atomic E-state index is 0.165. The lowest BCUT2D eigenvalue weighted by Gasteiger charge is -2.24. The van der Waals surface area contributed by atoms with Gasteiger partial charge in [-0.25, -0.2) is 9.97 Å². The highest BCUT2D eigenvalue weighted by Gasteiger charge is 2.17. The van der Waals surface area contributed by atoms with Crippen LogP contribution >= 0.6 is 0 Å². The molecule has 1 fully saturated rings. The zero-order valence-corrected chi connectivity index (χ0v) is 20.2. The summed E-state index contributed by atoms with van der Waals surface area (Å²) in [5.41, 5.74) is 3.71. The molecule has 0 radical (unpaired) electrons. The number of H-pyrrole nitrogens is 1. The number of hydrogen-bond acceptors (Lipinski definition) is 7. The van der Waals surface area contributed by atoms with Gasteiger partial charge in [-0.2, -0.15) is 5.10 Å². The van der Waals surface area contributed by atoms with E-state index in [-0.39, 0.29) is 12.0 Å². The fraction of sp³-hybridized carbons (Fsp3) is 0.214. The molecule has 1 amide bonds. The zero-order chi connectivity index (χ0) is 25.0. The molecule has 186 valence electrons. The van der Waals surface area contributed by atoms with E-state index in [2.05, 4.69) is 31.1 Å². The van der Waals surface area contributed by atoms with Crippen molar-refractivity contribution in [1.82, 2.24) is 30.8 Å². The van der Waals surface area contributed by atoms with Crippen LogP contribution in [0.2, 0.25) is 0 Å². The third kappa shape index (κ3) is 5.07. The van der Waals surface area contributed by atoms with Crippen molar-refractivity contribution in [2.24, 2.45) is 0 Å². The van der Waals surface area contributed by atoms with Crippen LogP contribution in [-0.4, -0.2) is 45.3 Å². The van der Waals surface area contributed by atoms with Crippen molar-refractivity contribution >= 4 is 39.3 Å². The number of carbonyl (C=O) groups excluding carboxylic acids is 1. The van der Waals surface area contributed by atoms with E-state index in [1.807, 2.05) is 54.6 Å². The molecule has 0 saturated carbocycles. The number of amides is 1. The van der Waals surface area contributed by atoms with E-state index < -0.39 is 0 Å². The molecular formula is C28H27N7O2. The SMILES string of the molecule is O=C(NCc1ccccc1)c1cc(Nc2ncc3cccc(OC4CCNCC4)c3n2)cc2[nH]ncc12. The lowest BCUT2D eigenvalue weighted by atomic mass is 10.1. The number of hydrogen-bond donors (Lipinski definition) is 4. The molecule has 0 bridgehead atoms. The van der Waals surface area contributed by atoms with Gasteiger partial charge in [-0.15, -0.1) is 0 Å². The maximum absolute atomic E-state index is 13.1. The van der Waals surface area contributed by atoms with Crippen LogP contribution in [-0.2, 0) is 6.54 Å². The second-order valence-corrected chi connectivity index (χ2v) is 9.10. The van der Waals surface area contributed by atoms with Gasteiger partial charge in [0.05, 0.1) is 17.3 Å². The van der Waals surface area contributed by atoms with E-state index in [4.69, 9.17) is 9.72 Å². The Balaban J connectivity index is 1.26. The maximum Gasteiger partial charge on any atom is 0.252 e. The predicted molar refractivity (Wildman–Crippen MR) is 143 cm³/mol. The number of carbonyl (C=O) groups is 1. The molecule has 0 aliphatic carbocycles. The number of aromatic amines is 1. The molecule has 37 heavy (non-hydrogen) atoms. The number of fused-ring (bicyclic) bond motifs is 2. The summed E-state index contributed by atoms with van der Waals surface area (Å²) in [5, 5.41) is 18.4. The lowest BCUT2D eigenvalue weighted by molar-refractivity contribution is 0.0952. The molecule has 3 aromatic carbocycles. The first-order chi connectivity index (χ1) is 18.2. The number of nitrogens with zero attached hydrogens (tertiary/aromatic N) is 3. The number of ether oxygens (including phenoxy) is 1. The Kier molecular flexibility index (Phi) is 6.35. The Labute approximate surface area is 213 Å². The number of rotatable bonds is 7. The average molecular weight is 494 g/mol. The van der Waals surface area contributed by atoms with E-state index in [0.29, 0.717) is 23.7 Å². The molecule has 3 heterocycles. The van der Waals surface area contributed by atoms with Gasteiger partial charge in [0.15, 0.2) is 0 Å². The minimum atomic E-state index is -0.184. The summed E-state index contributed by atoms with van der Waals surface area (Å²) >= 11 is 0. The Morgan fingerprint density at radius 3 is 2.76 bits per heavy atom. The fourth-order valence-corrected chi connectivity index (χ4v) is 4.59. The summed E-state index contributed by atoms with van der Waals surface area (Å²) in [6.45, 7) is 2.34. The highest BCUT2D eigenvalue weighted by atomic mass is 16.5. The second-order valence-electron chi connectivity index (χ2n) is 9.10. The van der Waals surface area contributed by atoms with Gasteiger partial charge in [-0.05, 0) is 49.7 Å². The molecule has 1 aliphatic heterocycles. The number of nitrogens with one attached hydrogen (secondary N) is 4. The number of anilines is 2. The molecule has 0 unspecified atom stereocenters. The first-order valence-corrected chi connectivity index (χ1v) is 12.4. The summed E-state index contributed by atoms with van der Waals surface area (Å²) in [6.07, 6.45) is 5.53. The lowest BCUT2D eigenvalue weighted by Crippen LogP contribution is -2.34. The molecule has 0 spiro atoms. The van der Waals surface area contributed by atoms with Gasteiger partial charge in [0.2, 0.25) is 5.95 Å². The van der Waals surface area contributed by atoms with Crippen molar-refractivity contribution in [3.63, 3.8) is 0 Å². The van der Waals surface area contributed by atoms with Crippen molar-refractivity contribution < 1.29 is 9.53 Å². The van der Waals surface area contributed by atoms with Gasteiger partial charge in [-0.1, -0.05) is 42.5 Å². The van der Waals surface area contributed by atoms with Gasteiger partial charge in [0.1, 0.15) is 17.4 Å². The molecule has 4 N–H and O–H groups in total. The van der Waals surface area contributed by atoms with E-state index in [1.165, 1.54) is 0 Å². The summed E-state index contributed by atoms with van der Waals surface area (Å²) in [5.74, 6) is 0.985. The van der Waals surface area contributed by atoms with Crippen LogP contribution < -0.4 is 20.7 Å². The first kappa shape index (κ1) is 22.9. The molecule has 6 rings (SSSR count). The summed E-state index contributed by atoms with van der Waals surface area (Å²) < 4.78 is 6.31. The van der Waals surface area contributed by atoms with Crippen LogP contribution in [0.4, 0.5) is 11.6 Å². The van der Waals surface area contributed by atoms with E-state index >= 15 is 0 Å². The van der Waals surface area contributed by atoms with Crippen molar-refractivity contribution in [2.75, 3.05) is 18.4 Å². The summed E-state index contributed by atoms with van der Waals surface area (Å²) in [7, 11) is 0. The van der Waals surface area contributed by atoms with Crippen LogP contribution in [0, 0.1) is 0 Å². The fourth-order valence-electron chi connectivity index (χ4n) is 4.59. The third-order valence-corrected chi connectivity index (χ3v) is 6.51. The number of benzene rings is 3. The second kappa shape index (κ2) is 10.2. The van der Waals surface area contributed by atoms with Crippen molar-refractivity contribution in [1.29, 1.82) is 0 Å². The molecule has 9 nitrogen and oxygen atoms in total. The molecule has 1 aliphatic rings. The largest absolute Gasteiger partial charge is 0.488 e. The number of aromatic nitrogens is 4. The van der Waals surface area contributed by atoms with E-state index in [9.17, 15) is 4.79 Å². The average Bonchev–Trinajstić information content (AvgIpc) is 3.41. The standard InChI is InChI=1S/C28H27N7O2/c36-27(30-15-18-5-2-1-3-6-18)22-13-20(14-24-23(22)17-32-35-24)33-28-31-16-19-7-4-8-25(26(19)34-28)37-21-9-11-29-12-10-21/h1-8,13-14,16-17,21,29H,9-12,15H2,(H,30,36)(H,32,35)(H,31,33,34). The Morgan fingerprint density at radius 1 is 1.03 bits per heavy atom. The molecule has 0 atom stereocenters. The Morgan fingerprint density at radius 2 is 1.89 bits per heavy atom. The van der Waals surface area contributed by atoms with Gasteiger partial charge in [-0.3, -0.25) is 9.89 Å². The van der Waals surface area contributed by atoms with Gasteiger partial charge in [0, 0.05) is 29.2 Å². The Hall–Kier alpha value is -4.50. The highest BCUT2D eigenvalue weighted by molar-refractivity contribution is 6.07. The molecule has 9 heteroatoms. The molecule has 2 aromatic heterocycles. The third-order valence-electron chi connectivity index (χ3n) is 6.51. The summed E-state index contributed by atoms with van der Waals surface area (Å²) in [6, 6.07) is 19.4. The number of para-hydroxylation sites is 1. The normalized spacial score (nSPS) is 14.1. The van der Waals surface area contributed by atoms with Crippen LogP contribution in [0.1, 0.15) is 28.8 Å². The molecule has 1 saturated heterocycles. The monoisotopic (exact) mass is 493 g/mol. The molecule has 5 aromatic rings. The smallest absolute Gasteiger partial charge is 0.252 e. The van der Waals surface area contributed by atoms with Crippen molar-refractivity contribution in [2.45, 2.75) is 25.5 Å². The van der Waals surface area contributed by atoms with E-state index in [1.54, 1.807) is 18.5 Å². The number of piperidine rings is 1. The topological polar surface area (TPSA) is 117 Å². The molecular weight excluding hydrogens is 466 g/mol. The van der Waals surface area contributed by atoms with Gasteiger partial charge >= 0.3 is 0 Å². The zero-order valence-electron chi connectivity index (χ0n) is 20.2. The highest BCUT2D eigenvalue weighted by Crippen LogP contribution is 2.28. The van der Waals surface area contributed by atoms with Crippen LogP contribution in [0.5, 0.6) is 5.75 Å². The minimum Gasteiger partial charge on any atom is -0.488 e. The van der Waals surface area contributed by atoms with Crippen molar-refractivity contribution in [3.8, 4) is 5.75 Å². The van der Waals surface area contributed by atoms with Crippen molar-refractivity contribution in [3.05, 3.63) is 84.2 Å². The van der Waals surface area contributed by atoms with Crippen LogP contribution in [0.3, 0.4) is 0 Å². The maximum atomic E-state index is 13.1. The predicted octanol–water partition coefficient (Wildman–Crippen LogP) is 4.31. The summed E-state index contributed by atoms with van der Waals surface area (Å²) in [4.78, 5) is 22.4. The van der Waals surface area contributed by atoms with Crippen LogP contribution in [0.25, 0.3) is 21.8 Å². The Bertz CT molecular complexity index is 1540. The van der Waals surface area contributed by atoms with Gasteiger partial charge in [0.25, 0.3) is 5.91 Å². The quantitative estimate of drug-likeness (QED) is 0.267. The first-order valence-electron chi connectivity index (χ1n) is 12.4.